The van der Waals surface area contributed by atoms with Gasteiger partial charge in [-0.2, -0.15) is 0 Å². The molecule has 1 aromatic rings. The monoisotopic (exact) mass is 238 g/mol. The summed E-state index contributed by atoms with van der Waals surface area (Å²) in [5.74, 6) is -0.0824. The molecule has 6 heteroatoms. The van der Waals surface area contributed by atoms with E-state index in [1.807, 2.05) is 11.0 Å². The maximum absolute atomic E-state index is 9.04. The van der Waals surface area contributed by atoms with Crippen molar-refractivity contribution in [3.8, 4) is 0 Å². The van der Waals surface area contributed by atoms with Crippen molar-refractivity contribution in [3.05, 3.63) is 24.0 Å². The first-order valence-electron chi connectivity index (χ1n) is 5.35. The summed E-state index contributed by atoms with van der Waals surface area (Å²) in [7, 11) is 1.62. The van der Waals surface area contributed by atoms with Gasteiger partial charge in [-0.05, 0) is 12.1 Å². The molecule has 0 aliphatic heterocycles. The van der Waals surface area contributed by atoms with E-state index in [0.717, 1.165) is 5.69 Å². The predicted molar refractivity (Wildman–Crippen MR) is 66.4 cm³/mol. The Morgan fingerprint density at radius 3 is 2.94 bits per heavy atom. The molecule has 0 saturated carbocycles. The van der Waals surface area contributed by atoms with Crippen molar-refractivity contribution in [1.29, 1.82) is 5.41 Å². The second-order valence-corrected chi connectivity index (χ2v) is 3.49. The van der Waals surface area contributed by atoms with Crippen LogP contribution < -0.4 is 10.6 Å². The Morgan fingerprint density at radius 1 is 1.59 bits per heavy atom. The average molecular weight is 238 g/mol. The lowest BCUT2D eigenvalue weighted by Crippen LogP contribution is -2.32. The maximum atomic E-state index is 9.04. The number of aliphatic hydroxyl groups is 1. The second kappa shape index (κ2) is 6.82. The third-order valence-electron chi connectivity index (χ3n) is 2.32. The van der Waals surface area contributed by atoms with Gasteiger partial charge in [0.15, 0.2) is 0 Å². The van der Waals surface area contributed by atoms with E-state index in [4.69, 9.17) is 21.0 Å². The largest absolute Gasteiger partial charge is 0.395 e. The van der Waals surface area contributed by atoms with Gasteiger partial charge in [-0.3, -0.25) is 10.4 Å². The Balaban J connectivity index is 2.95. The van der Waals surface area contributed by atoms with Crippen molar-refractivity contribution >= 4 is 11.5 Å². The highest BCUT2D eigenvalue weighted by molar-refractivity contribution is 5.98. The summed E-state index contributed by atoms with van der Waals surface area (Å²) < 4.78 is 5.01. The quantitative estimate of drug-likeness (QED) is 0.452. The first kappa shape index (κ1) is 13.4. The van der Waals surface area contributed by atoms with Gasteiger partial charge in [0.05, 0.1) is 18.9 Å². The summed E-state index contributed by atoms with van der Waals surface area (Å²) in [6, 6.07) is 3.61. The molecule has 0 bridgehead atoms. The van der Waals surface area contributed by atoms with Gasteiger partial charge in [0.25, 0.3) is 0 Å². The van der Waals surface area contributed by atoms with Crippen LogP contribution in [0.3, 0.4) is 0 Å². The minimum absolute atomic E-state index is 0.0238. The van der Waals surface area contributed by atoms with E-state index in [1.165, 1.54) is 0 Å². The third-order valence-corrected chi connectivity index (χ3v) is 2.32. The number of amidine groups is 1. The molecule has 0 fully saturated rings. The molecule has 1 rings (SSSR count). The summed E-state index contributed by atoms with van der Waals surface area (Å²) in [6.45, 7) is 1.63. The highest BCUT2D eigenvalue weighted by Gasteiger charge is 2.13. The number of aliphatic hydroxyl groups excluding tert-OH is 1. The SMILES string of the molecule is COCCN(CCO)c1cccnc1C(=N)N. The first-order valence-corrected chi connectivity index (χ1v) is 5.35. The van der Waals surface area contributed by atoms with Gasteiger partial charge in [-0.25, -0.2) is 0 Å². The van der Waals surface area contributed by atoms with Crippen LogP contribution in [0.25, 0.3) is 0 Å². The number of aromatic nitrogens is 1. The molecule has 6 nitrogen and oxygen atoms in total. The van der Waals surface area contributed by atoms with E-state index in [0.29, 0.717) is 25.4 Å². The fourth-order valence-corrected chi connectivity index (χ4v) is 1.53. The van der Waals surface area contributed by atoms with Gasteiger partial charge in [-0.1, -0.05) is 0 Å². The standard InChI is InChI=1S/C11H18N4O2/c1-17-8-6-15(5-7-16)9-3-2-4-14-10(9)11(12)13/h2-4,16H,5-8H2,1H3,(H3,12,13). The summed E-state index contributed by atoms with van der Waals surface area (Å²) in [5.41, 5.74) is 6.65. The minimum Gasteiger partial charge on any atom is -0.395 e. The number of ether oxygens (including phenoxy) is 1. The molecule has 1 aromatic heterocycles. The maximum Gasteiger partial charge on any atom is 0.143 e. The number of nitrogens with zero attached hydrogens (tertiary/aromatic N) is 2. The lowest BCUT2D eigenvalue weighted by molar-refractivity contribution is 0.203. The number of anilines is 1. The number of hydrogen-bond acceptors (Lipinski definition) is 5. The van der Waals surface area contributed by atoms with Crippen molar-refractivity contribution in [2.45, 2.75) is 0 Å². The van der Waals surface area contributed by atoms with Crippen LogP contribution >= 0.6 is 0 Å². The summed E-state index contributed by atoms with van der Waals surface area (Å²) in [6.07, 6.45) is 1.59. The number of methoxy groups -OCH3 is 1. The first-order chi connectivity index (χ1) is 8.20. The molecule has 17 heavy (non-hydrogen) atoms. The zero-order valence-corrected chi connectivity index (χ0v) is 9.89. The zero-order chi connectivity index (χ0) is 12.7. The smallest absolute Gasteiger partial charge is 0.143 e. The molecule has 0 atom stereocenters. The molecule has 0 unspecified atom stereocenters. The summed E-state index contributed by atoms with van der Waals surface area (Å²) in [5, 5.41) is 16.5. The Hall–Kier alpha value is -1.66. The molecule has 0 aromatic carbocycles. The summed E-state index contributed by atoms with van der Waals surface area (Å²) in [4.78, 5) is 5.97. The molecule has 94 valence electrons. The third kappa shape index (κ3) is 3.69. The molecule has 0 radical (unpaired) electrons. The van der Waals surface area contributed by atoms with Crippen LogP contribution in [0.1, 0.15) is 5.69 Å². The van der Waals surface area contributed by atoms with Crippen molar-refractivity contribution in [3.63, 3.8) is 0 Å². The van der Waals surface area contributed by atoms with E-state index in [2.05, 4.69) is 4.98 Å². The van der Waals surface area contributed by atoms with E-state index in [-0.39, 0.29) is 12.4 Å². The van der Waals surface area contributed by atoms with Crippen LogP contribution in [-0.2, 0) is 4.74 Å². The van der Waals surface area contributed by atoms with Crippen LogP contribution in [0.2, 0.25) is 0 Å². The molecule has 4 N–H and O–H groups in total. The molecule has 0 amide bonds. The van der Waals surface area contributed by atoms with Gasteiger partial charge in [-0.15, -0.1) is 0 Å². The fraction of sp³-hybridized carbons (Fsp3) is 0.455. The van der Waals surface area contributed by atoms with Gasteiger partial charge < -0.3 is 20.5 Å². The Morgan fingerprint density at radius 2 is 2.35 bits per heavy atom. The van der Waals surface area contributed by atoms with Crippen LogP contribution in [0.15, 0.2) is 18.3 Å². The number of rotatable bonds is 7. The second-order valence-electron chi connectivity index (χ2n) is 3.49. The molecule has 1 heterocycles. The van der Waals surface area contributed by atoms with Crippen LogP contribution in [-0.4, -0.2) is 49.3 Å². The Kier molecular flexibility index (Phi) is 5.38. The zero-order valence-electron chi connectivity index (χ0n) is 9.89. The predicted octanol–water partition coefficient (Wildman–Crippen LogP) is -0.189. The van der Waals surface area contributed by atoms with Crippen molar-refractivity contribution in [2.75, 3.05) is 38.3 Å². The van der Waals surface area contributed by atoms with Crippen molar-refractivity contribution < 1.29 is 9.84 Å². The normalized spacial score (nSPS) is 10.2. The molecular weight excluding hydrogens is 220 g/mol. The molecule has 0 aliphatic carbocycles. The number of nitrogens with two attached hydrogens (primary N) is 1. The van der Waals surface area contributed by atoms with Crippen molar-refractivity contribution in [1.82, 2.24) is 4.98 Å². The Labute approximate surface area is 101 Å². The molecule has 0 saturated heterocycles. The lowest BCUT2D eigenvalue weighted by Gasteiger charge is -2.25. The topological polar surface area (TPSA) is 95.5 Å². The fourth-order valence-electron chi connectivity index (χ4n) is 1.53. The molecular formula is C11H18N4O2. The van der Waals surface area contributed by atoms with Gasteiger partial charge in [0, 0.05) is 26.4 Å². The van der Waals surface area contributed by atoms with Gasteiger partial charge >= 0.3 is 0 Å². The lowest BCUT2D eigenvalue weighted by atomic mass is 10.2. The van der Waals surface area contributed by atoms with E-state index >= 15 is 0 Å². The summed E-state index contributed by atoms with van der Waals surface area (Å²) >= 11 is 0. The Bertz CT molecular complexity index is 370. The number of nitrogens with one attached hydrogen (secondary N) is 1. The molecule has 0 spiro atoms. The minimum atomic E-state index is -0.0824. The highest BCUT2D eigenvalue weighted by Crippen LogP contribution is 2.17. The van der Waals surface area contributed by atoms with Crippen LogP contribution in [0, 0.1) is 5.41 Å². The van der Waals surface area contributed by atoms with Crippen molar-refractivity contribution in [2.24, 2.45) is 5.73 Å². The number of nitrogen functional groups attached to an aromatic ring is 1. The number of pyridine rings is 1. The van der Waals surface area contributed by atoms with Gasteiger partial charge in [0.2, 0.25) is 0 Å². The average Bonchev–Trinajstić information content (AvgIpc) is 2.34. The van der Waals surface area contributed by atoms with Crippen LogP contribution in [0.5, 0.6) is 0 Å². The molecule has 0 aliphatic rings. The highest BCUT2D eigenvalue weighted by atomic mass is 16.5. The van der Waals surface area contributed by atoms with E-state index in [9.17, 15) is 0 Å². The van der Waals surface area contributed by atoms with Crippen LogP contribution in [0.4, 0.5) is 5.69 Å². The van der Waals surface area contributed by atoms with Gasteiger partial charge in [0.1, 0.15) is 11.5 Å². The van der Waals surface area contributed by atoms with E-state index in [1.54, 1.807) is 19.4 Å². The van der Waals surface area contributed by atoms with E-state index < -0.39 is 0 Å². The number of hydrogen-bond donors (Lipinski definition) is 3.